The van der Waals surface area contributed by atoms with Crippen molar-refractivity contribution in [2.75, 3.05) is 40.1 Å². The molecule has 0 aliphatic rings. The van der Waals surface area contributed by atoms with E-state index in [1.807, 2.05) is 13.0 Å². The predicted octanol–water partition coefficient (Wildman–Crippen LogP) is 2.32. The van der Waals surface area contributed by atoms with E-state index in [9.17, 15) is 0 Å². The molecule has 5 heteroatoms. The molecule has 1 aromatic heterocycles. The summed E-state index contributed by atoms with van der Waals surface area (Å²) in [6, 6.07) is 3.99. The molecule has 1 heterocycles. The van der Waals surface area contributed by atoms with E-state index >= 15 is 0 Å². The van der Waals surface area contributed by atoms with Crippen molar-refractivity contribution in [3.63, 3.8) is 0 Å². The van der Waals surface area contributed by atoms with Crippen LogP contribution >= 0.6 is 0 Å². The zero-order chi connectivity index (χ0) is 15.3. The molecule has 1 rings (SSSR count). The molecule has 21 heavy (non-hydrogen) atoms. The number of nitrogens with zero attached hydrogens (tertiary/aromatic N) is 1. The molecule has 120 valence electrons. The Bertz CT molecular complexity index is 386. The fourth-order valence-electron chi connectivity index (χ4n) is 1.85. The van der Waals surface area contributed by atoms with Gasteiger partial charge in [-0.3, -0.25) is 0 Å². The maximum Gasteiger partial charge on any atom is 0.213 e. The minimum atomic E-state index is 0.521. The largest absolute Gasteiger partial charge is 0.475 e. The van der Waals surface area contributed by atoms with Crippen LogP contribution in [0.1, 0.15) is 31.0 Å². The van der Waals surface area contributed by atoms with Gasteiger partial charge in [-0.2, -0.15) is 0 Å². The number of aromatic nitrogens is 1. The monoisotopic (exact) mass is 296 g/mol. The first-order chi connectivity index (χ1) is 10.3. The van der Waals surface area contributed by atoms with Crippen LogP contribution in [0, 0.1) is 6.92 Å². The van der Waals surface area contributed by atoms with Gasteiger partial charge in [-0.05, 0) is 31.9 Å². The second-order valence-electron chi connectivity index (χ2n) is 4.88. The molecular weight excluding hydrogens is 268 g/mol. The van der Waals surface area contributed by atoms with Crippen molar-refractivity contribution in [1.82, 2.24) is 10.3 Å². The fraction of sp³-hybridized carbons (Fsp3) is 0.688. The highest BCUT2D eigenvalue weighted by atomic mass is 16.5. The molecule has 0 aliphatic carbocycles. The molecule has 0 radical (unpaired) electrons. The van der Waals surface area contributed by atoms with Crippen LogP contribution in [0.25, 0.3) is 0 Å². The standard InChI is InChI=1S/C16H28N2O3/c1-4-8-17-13-15-6-7-16(18-14(15)2)21-12-11-20-10-5-9-19-3/h6-7,17H,4-5,8-13H2,1-3H3. The van der Waals surface area contributed by atoms with Gasteiger partial charge in [-0.1, -0.05) is 13.0 Å². The molecule has 0 bridgehead atoms. The van der Waals surface area contributed by atoms with Gasteiger partial charge in [-0.15, -0.1) is 0 Å². The molecule has 0 atom stereocenters. The molecule has 0 saturated carbocycles. The lowest BCUT2D eigenvalue weighted by atomic mass is 10.2. The Labute approximate surface area is 128 Å². The summed E-state index contributed by atoms with van der Waals surface area (Å²) in [5.41, 5.74) is 2.23. The predicted molar refractivity (Wildman–Crippen MR) is 83.8 cm³/mol. The third-order valence-corrected chi connectivity index (χ3v) is 3.03. The van der Waals surface area contributed by atoms with Crippen LogP contribution in [0.5, 0.6) is 5.88 Å². The number of hydrogen-bond acceptors (Lipinski definition) is 5. The van der Waals surface area contributed by atoms with Gasteiger partial charge in [0, 0.05) is 38.6 Å². The number of ether oxygens (including phenoxy) is 3. The summed E-state index contributed by atoms with van der Waals surface area (Å²) in [7, 11) is 1.69. The molecule has 1 aromatic rings. The van der Waals surface area contributed by atoms with Crippen molar-refractivity contribution in [3.8, 4) is 5.88 Å². The Balaban J connectivity index is 2.22. The average Bonchev–Trinajstić information content (AvgIpc) is 2.48. The van der Waals surface area contributed by atoms with E-state index in [0.717, 1.165) is 38.2 Å². The van der Waals surface area contributed by atoms with E-state index in [0.29, 0.717) is 25.7 Å². The first-order valence-corrected chi connectivity index (χ1v) is 7.64. The van der Waals surface area contributed by atoms with Crippen molar-refractivity contribution in [2.24, 2.45) is 0 Å². The summed E-state index contributed by atoms with van der Waals surface area (Å²) >= 11 is 0. The quantitative estimate of drug-likeness (QED) is 0.600. The Kier molecular flexibility index (Phi) is 9.78. The second-order valence-corrected chi connectivity index (χ2v) is 4.88. The zero-order valence-corrected chi connectivity index (χ0v) is 13.5. The lowest BCUT2D eigenvalue weighted by molar-refractivity contribution is 0.0795. The summed E-state index contributed by atoms with van der Waals surface area (Å²) in [6.07, 6.45) is 2.05. The SMILES string of the molecule is CCCNCc1ccc(OCCOCCCOC)nc1C. The molecule has 0 amide bonds. The molecule has 5 nitrogen and oxygen atoms in total. The van der Waals surface area contributed by atoms with E-state index in [1.54, 1.807) is 7.11 Å². The van der Waals surface area contributed by atoms with Crippen molar-refractivity contribution in [1.29, 1.82) is 0 Å². The summed E-state index contributed by atoms with van der Waals surface area (Å²) in [4.78, 5) is 4.46. The van der Waals surface area contributed by atoms with E-state index < -0.39 is 0 Å². The smallest absolute Gasteiger partial charge is 0.213 e. The van der Waals surface area contributed by atoms with E-state index in [4.69, 9.17) is 14.2 Å². The number of nitrogens with one attached hydrogen (secondary N) is 1. The Morgan fingerprint density at radius 2 is 2.00 bits per heavy atom. The summed E-state index contributed by atoms with van der Waals surface area (Å²) in [5.74, 6) is 0.659. The van der Waals surface area contributed by atoms with Crippen LogP contribution in [-0.4, -0.2) is 45.1 Å². The Hall–Kier alpha value is -1.17. The maximum absolute atomic E-state index is 5.59. The zero-order valence-electron chi connectivity index (χ0n) is 13.5. The van der Waals surface area contributed by atoms with Gasteiger partial charge in [0.25, 0.3) is 0 Å². The molecule has 0 spiro atoms. The highest BCUT2D eigenvalue weighted by Gasteiger charge is 2.02. The van der Waals surface area contributed by atoms with Crippen molar-refractivity contribution in [2.45, 2.75) is 33.2 Å². The molecule has 1 N–H and O–H groups in total. The minimum Gasteiger partial charge on any atom is -0.475 e. The van der Waals surface area contributed by atoms with Gasteiger partial charge in [0.2, 0.25) is 5.88 Å². The fourth-order valence-corrected chi connectivity index (χ4v) is 1.85. The summed E-state index contributed by atoms with van der Waals surface area (Å²) in [5, 5.41) is 3.38. The van der Waals surface area contributed by atoms with Gasteiger partial charge >= 0.3 is 0 Å². The number of pyridine rings is 1. The lowest BCUT2D eigenvalue weighted by Crippen LogP contribution is -2.15. The first-order valence-electron chi connectivity index (χ1n) is 7.64. The van der Waals surface area contributed by atoms with Crippen LogP contribution in [0.4, 0.5) is 0 Å². The van der Waals surface area contributed by atoms with Gasteiger partial charge in [0.15, 0.2) is 0 Å². The van der Waals surface area contributed by atoms with Crippen molar-refractivity contribution >= 4 is 0 Å². The van der Waals surface area contributed by atoms with Crippen LogP contribution in [-0.2, 0) is 16.0 Å². The van der Waals surface area contributed by atoms with Gasteiger partial charge in [0.05, 0.1) is 6.61 Å². The summed E-state index contributed by atoms with van der Waals surface area (Å²) in [6.45, 7) is 8.58. The first kappa shape index (κ1) is 17.9. The summed E-state index contributed by atoms with van der Waals surface area (Å²) < 4.78 is 16.0. The molecular formula is C16H28N2O3. The molecule has 0 unspecified atom stereocenters. The number of methoxy groups -OCH3 is 1. The topological polar surface area (TPSA) is 52.6 Å². The van der Waals surface area contributed by atoms with Crippen LogP contribution in [0.3, 0.4) is 0 Å². The lowest BCUT2D eigenvalue weighted by Gasteiger charge is -2.10. The number of hydrogen-bond donors (Lipinski definition) is 1. The van der Waals surface area contributed by atoms with E-state index in [2.05, 4.69) is 23.3 Å². The Morgan fingerprint density at radius 3 is 2.71 bits per heavy atom. The average molecular weight is 296 g/mol. The third-order valence-electron chi connectivity index (χ3n) is 3.03. The van der Waals surface area contributed by atoms with Crippen LogP contribution in [0.2, 0.25) is 0 Å². The van der Waals surface area contributed by atoms with Gasteiger partial charge < -0.3 is 19.5 Å². The minimum absolute atomic E-state index is 0.521. The van der Waals surface area contributed by atoms with E-state index in [1.165, 1.54) is 5.56 Å². The normalized spacial score (nSPS) is 10.8. The number of aryl methyl sites for hydroxylation is 1. The third kappa shape index (κ3) is 7.99. The highest BCUT2D eigenvalue weighted by Crippen LogP contribution is 2.12. The van der Waals surface area contributed by atoms with Crippen LogP contribution in [0.15, 0.2) is 12.1 Å². The number of rotatable bonds is 12. The molecule has 0 aromatic carbocycles. The molecule has 0 saturated heterocycles. The van der Waals surface area contributed by atoms with E-state index in [-0.39, 0.29) is 0 Å². The highest BCUT2D eigenvalue weighted by molar-refractivity contribution is 5.24. The molecule has 0 aliphatic heterocycles. The van der Waals surface area contributed by atoms with Crippen LogP contribution < -0.4 is 10.1 Å². The Morgan fingerprint density at radius 1 is 1.14 bits per heavy atom. The van der Waals surface area contributed by atoms with Gasteiger partial charge in [0.1, 0.15) is 6.61 Å². The molecule has 0 fully saturated rings. The van der Waals surface area contributed by atoms with Gasteiger partial charge in [-0.25, -0.2) is 4.98 Å². The second kappa shape index (κ2) is 11.5. The maximum atomic E-state index is 5.59. The van der Waals surface area contributed by atoms with Crippen molar-refractivity contribution < 1.29 is 14.2 Å². The van der Waals surface area contributed by atoms with Crippen molar-refractivity contribution in [3.05, 3.63) is 23.4 Å².